The molecule has 0 aromatic rings. The van der Waals surface area contributed by atoms with Gasteiger partial charge >= 0.3 is 0 Å². The molecular weight excluding hydrogens is 258 g/mol. The fourth-order valence-electron chi connectivity index (χ4n) is 2.22. The van der Waals surface area contributed by atoms with Crippen LogP contribution >= 0.6 is 0 Å². The minimum Gasteiger partial charge on any atom is -0.211 e. The van der Waals surface area contributed by atoms with E-state index in [2.05, 4.69) is 11.6 Å². The lowest BCUT2D eigenvalue weighted by Crippen LogP contribution is -2.15. The summed E-state index contributed by atoms with van der Waals surface area (Å²) in [6, 6.07) is 0. The van der Waals surface area contributed by atoms with E-state index in [1.807, 2.05) is 0 Å². The first-order valence-electron chi connectivity index (χ1n) is 7.96. The van der Waals surface area contributed by atoms with Gasteiger partial charge in [-0.25, -0.2) is 8.42 Å². The Morgan fingerprint density at radius 2 is 1.05 bits per heavy atom. The smallest absolute Gasteiger partial charge is 0.211 e. The van der Waals surface area contributed by atoms with Gasteiger partial charge in [0.05, 0.1) is 5.75 Å². The molecule has 4 heteroatoms. The Hall–Kier alpha value is -0.0900. The van der Waals surface area contributed by atoms with E-state index in [9.17, 15) is 8.42 Å². The Balaban J connectivity index is 3.11. The van der Waals surface area contributed by atoms with Crippen LogP contribution in [-0.2, 0) is 10.0 Å². The molecule has 0 N–H and O–H groups in total. The molecular formula is C15H32NO2S. The highest BCUT2D eigenvalue weighted by Crippen LogP contribution is 2.12. The highest BCUT2D eigenvalue weighted by Gasteiger charge is 2.06. The van der Waals surface area contributed by atoms with Crippen molar-refractivity contribution in [3.63, 3.8) is 0 Å². The van der Waals surface area contributed by atoms with Crippen molar-refractivity contribution in [1.82, 2.24) is 4.72 Å². The maximum Gasteiger partial charge on any atom is 0.227 e. The van der Waals surface area contributed by atoms with E-state index < -0.39 is 10.0 Å². The van der Waals surface area contributed by atoms with Crippen molar-refractivity contribution < 1.29 is 8.42 Å². The van der Waals surface area contributed by atoms with E-state index >= 15 is 0 Å². The molecule has 0 amide bonds. The van der Waals surface area contributed by atoms with Crippen LogP contribution in [0.3, 0.4) is 0 Å². The van der Waals surface area contributed by atoms with E-state index in [0.717, 1.165) is 19.3 Å². The lowest BCUT2D eigenvalue weighted by Gasteiger charge is -2.03. The molecule has 1 radical (unpaired) electrons. The standard InChI is InChI=1S/C15H32NO2S/c1-3-4-5-6-7-8-9-10-11-12-13-14-15-19(17,18)16-2/h3-15H2,1-2H3. The second kappa shape index (κ2) is 12.9. The molecule has 0 saturated heterocycles. The quantitative estimate of drug-likeness (QED) is 0.449. The van der Waals surface area contributed by atoms with Crippen molar-refractivity contribution in [3.05, 3.63) is 0 Å². The van der Waals surface area contributed by atoms with Gasteiger partial charge < -0.3 is 0 Å². The fourth-order valence-corrected chi connectivity index (χ4v) is 2.97. The molecule has 0 fully saturated rings. The van der Waals surface area contributed by atoms with E-state index in [0.29, 0.717) is 0 Å². The molecule has 0 rings (SSSR count). The van der Waals surface area contributed by atoms with Crippen LogP contribution in [0.5, 0.6) is 0 Å². The van der Waals surface area contributed by atoms with Crippen molar-refractivity contribution in [2.45, 2.75) is 84.0 Å². The Bertz CT molecular complexity index is 276. The maximum atomic E-state index is 11.1. The minimum atomic E-state index is -3.11. The summed E-state index contributed by atoms with van der Waals surface area (Å²) in [6.45, 7) is 2.25. The maximum absolute atomic E-state index is 11.1. The van der Waals surface area contributed by atoms with Gasteiger partial charge in [0.25, 0.3) is 0 Å². The van der Waals surface area contributed by atoms with Crippen LogP contribution in [0, 0.1) is 0 Å². The first-order chi connectivity index (χ1) is 9.12. The van der Waals surface area contributed by atoms with Crippen molar-refractivity contribution in [2.24, 2.45) is 0 Å². The average molecular weight is 290 g/mol. The summed E-state index contributed by atoms with van der Waals surface area (Å²) in [5, 5.41) is 0. The Kier molecular flexibility index (Phi) is 12.9. The molecule has 0 aliphatic carbocycles. The van der Waals surface area contributed by atoms with Gasteiger partial charge in [-0.05, 0) is 6.42 Å². The van der Waals surface area contributed by atoms with Gasteiger partial charge in [0.15, 0.2) is 0 Å². The summed E-state index contributed by atoms with van der Waals surface area (Å²) in [6.07, 6.45) is 15.1. The van der Waals surface area contributed by atoms with Crippen LogP contribution in [-0.4, -0.2) is 21.2 Å². The zero-order valence-electron chi connectivity index (χ0n) is 12.9. The third kappa shape index (κ3) is 14.1. The van der Waals surface area contributed by atoms with Crippen LogP contribution in [0.15, 0.2) is 0 Å². The molecule has 0 saturated carbocycles. The number of hydrogen-bond donors (Lipinski definition) is 0. The molecule has 0 heterocycles. The largest absolute Gasteiger partial charge is 0.227 e. The van der Waals surface area contributed by atoms with E-state index in [-0.39, 0.29) is 5.75 Å². The molecule has 3 nitrogen and oxygen atoms in total. The Labute approximate surface area is 120 Å². The van der Waals surface area contributed by atoms with Crippen molar-refractivity contribution in [3.8, 4) is 0 Å². The van der Waals surface area contributed by atoms with Crippen LogP contribution in [0.25, 0.3) is 0 Å². The molecule has 0 aromatic heterocycles. The summed E-state index contributed by atoms with van der Waals surface area (Å²) >= 11 is 0. The SMILES string of the molecule is CCCCCCCCCCCCCCS(=O)(=O)[N]C. The number of unbranched alkanes of at least 4 members (excludes halogenated alkanes) is 11. The topological polar surface area (TPSA) is 48.2 Å². The number of hydrogen-bond acceptors (Lipinski definition) is 2. The minimum absolute atomic E-state index is 0.223. The molecule has 0 spiro atoms. The second-order valence-electron chi connectivity index (χ2n) is 5.36. The molecule has 19 heavy (non-hydrogen) atoms. The third-order valence-corrected chi connectivity index (χ3v) is 4.89. The Morgan fingerprint density at radius 1 is 0.684 bits per heavy atom. The Morgan fingerprint density at radius 3 is 1.42 bits per heavy atom. The number of sulfonamides is 1. The van der Waals surface area contributed by atoms with Crippen LogP contribution in [0.2, 0.25) is 0 Å². The normalized spacial score (nSPS) is 11.9. The monoisotopic (exact) mass is 290 g/mol. The summed E-state index contributed by atoms with van der Waals surface area (Å²) < 4.78 is 25.6. The second-order valence-corrected chi connectivity index (χ2v) is 7.29. The van der Waals surface area contributed by atoms with E-state index in [1.165, 1.54) is 64.8 Å². The first-order valence-corrected chi connectivity index (χ1v) is 9.57. The van der Waals surface area contributed by atoms with Gasteiger partial charge in [-0.3, -0.25) is 0 Å². The zero-order chi connectivity index (χ0) is 14.4. The lowest BCUT2D eigenvalue weighted by molar-refractivity contribution is 0.545. The zero-order valence-corrected chi connectivity index (χ0v) is 13.7. The van der Waals surface area contributed by atoms with Crippen LogP contribution in [0.1, 0.15) is 84.0 Å². The molecule has 115 valence electrons. The predicted molar refractivity (Wildman–Crippen MR) is 82.9 cm³/mol. The number of nitrogens with zero attached hydrogens (tertiary/aromatic N) is 1. The molecule has 0 aliphatic heterocycles. The molecule has 0 aromatic carbocycles. The van der Waals surface area contributed by atoms with Gasteiger partial charge in [0.2, 0.25) is 10.0 Å². The van der Waals surface area contributed by atoms with Gasteiger partial charge in [-0.1, -0.05) is 77.6 Å². The van der Waals surface area contributed by atoms with E-state index in [1.54, 1.807) is 0 Å². The number of rotatable bonds is 14. The van der Waals surface area contributed by atoms with E-state index in [4.69, 9.17) is 0 Å². The van der Waals surface area contributed by atoms with Crippen LogP contribution in [0.4, 0.5) is 0 Å². The average Bonchev–Trinajstić information content (AvgIpc) is 2.40. The predicted octanol–water partition coefficient (Wildman–Crippen LogP) is 4.25. The third-order valence-electron chi connectivity index (χ3n) is 3.53. The molecule has 0 bridgehead atoms. The van der Waals surface area contributed by atoms with Gasteiger partial charge in [0.1, 0.15) is 0 Å². The fraction of sp³-hybridized carbons (Fsp3) is 1.00. The molecule has 0 unspecified atom stereocenters. The molecule has 0 aliphatic rings. The summed E-state index contributed by atoms with van der Waals surface area (Å²) in [5.41, 5.74) is 0. The highest BCUT2D eigenvalue weighted by molar-refractivity contribution is 7.89. The summed E-state index contributed by atoms with van der Waals surface area (Å²) in [5.74, 6) is 0.223. The first kappa shape index (κ1) is 18.9. The van der Waals surface area contributed by atoms with Crippen molar-refractivity contribution >= 4 is 10.0 Å². The van der Waals surface area contributed by atoms with Gasteiger partial charge in [-0.15, -0.1) is 4.72 Å². The van der Waals surface area contributed by atoms with Crippen molar-refractivity contribution in [2.75, 3.05) is 12.8 Å². The lowest BCUT2D eigenvalue weighted by atomic mass is 10.1. The van der Waals surface area contributed by atoms with Gasteiger partial charge in [0, 0.05) is 7.05 Å². The van der Waals surface area contributed by atoms with Crippen molar-refractivity contribution in [1.29, 1.82) is 0 Å². The summed E-state index contributed by atoms with van der Waals surface area (Å²) in [7, 11) is -1.75. The highest BCUT2D eigenvalue weighted by atomic mass is 32.2. The van der Waals surface area contributed by atoms with Gasteiger partial charge in [-0.2, -0.15) is 0 Å². The summed E-state index contributed by atoms with van der Waals surface area (Å²) in [4.78, 5) is 0. The molecule has 0 atom stereocenters. The van der Waals surface area contributed by atoms with Crippen LogP contribution < -0.4 is 4.72 Å².